The predicted octanol–water partition coefficient (Wildman–Crippen LogP) is 2.92. The van der Waals surface area contributed by atoms with E-state index in [1.807, 2.05) is 0 Å². The summed E-state index contributed by atoms with van der Waals surface area (Å²) in [5.41, 5.74) is 0.910. The molecule has 1 saturated heterocycles. The zero-order valence-corrected chi connectivity index (χ0v) is 13.5. The Morgan fingerprint density at radius 2 is 2.17 bits per heavy atom. The SMILES string of the molecule is O=C(NCC1CCCO1)c1cnc(Nc2ccc(F)c(Cl)c2)nc1. The van der Waals surface area contributed by atoms with Crippen molar-refractivity contribution in [2.24, 2.45) is 0 Å². The monoisotopic (exact) mass is 350 g/mol. The highest BCUT2D eigenvalue weighted by Crippen LogP contribution is 2.21. The smallest absolute Gasteiger partial charge is 0.254 e. The van der Waals surface area contributed by atoms with Crippen LogP contribution >= 0.6 is 11.6 Å². The predicted molar refractivity (Wildman–Crippen MR) is 88.0 cm³/mol. The number of nitrogens with one attached hydrogen (secondary N) is 2. The van der Waals surface area contributed by atoms with Gasteiger partial charge in [-0.15, -0.1) is 0 Å². The molecule has 3 rings (SSSR count). The summed E-state index contributed by atoms with van der Waals surface area (Å²) in [7, 11) is 0. The number of carbonyl (C=O) groups is 1. The zero-order chi connectivity index (χ0) is 16.9. The number of carbonyl (C=O) groups excluding carboxylic acids is 1. The van der Waals surface area contributed by atoms with Crippen LogP contribution in [0.4, 0.5) is 16.0 Å². The second-order valence-corrected chi connectivity index (χ2v) is 5.80. The fourth-order valence-electron chi connectivity index (χ4n) is 2.33. The number of hydrogen-bond donors (Lipinski definition) is 2. The van der Waals surface area contributed by atoms with Crippen LogP contribution in [0.1, 0.15) is 23.2 Å². The van der Waals surface area contributed by atoms with Crippen molar-refractivity contribution in [2.45, 2.75) is 18.9 Å². The van der Waals surface area contributed by atoms with Gasteiger partial charge in [-0.1, -0.05) is 11.6 Å². The Morgan fingerprint density at radius 3 is 2.83 bits per heavy atom. The van der Waals surface area contributed by atoms with E-state index in [0.29, 0.717) is 17.8 Å². The third-order valence-electron chi connectivity index (χ3n) is 3.60. The highest BCUT2D eigenvalue weighted by atomic mass is 35.5. The van der Waals surface area contributed by atoms with Crippen LogP contribution in [0.5, 0.6) is 0 Å². The van der Waals surface area contributed by atoms with Crippen molar-refractivity contribution in [1.82, 2.24) is 15.3 Å². The molecule has 1 fully saturated rings. The summed E-state index contributed by atoms with van der Waals surface area (Å²) in [6, 6.07) is 4.20. The Balaban J connectivity index is 1.57. The number of rotatable bonds is 5. The fraction of sp³-hybridized carbons (Fsp3) is 0.312. The minimum absolute atomic E-state index is 0.00475. The van der Waals surface area contributed by atoms with Gasteiger partial charge in [0.25, 0.3) is 5.91 Å². The molecule has 1 aliphatic heterocycles. The number of aromatic nitrogens is 2. The molecule has 1 aromatic heterocycles. The average Bonchev–Trinajstić information content (AvgIpc) is 3.10. The van der Waals surface area contributed by atoms with Gasteiger partial charge in [-0.2, -0.15) is 0 Å². The van der Waals surface area contributed by atoms with Gasteiger partial charge in [0, 0.05) is 31.2 Å². The molecule has 2 aromatic rings. The van der Waals surface area contributed by atoms with Gasteiger partial charge >= 0.3 is 0 Å². The Bertz CT molecular complexity index is 721. The van der Waals surface area contributed by atoms with Crippen molar-refractivity contribution in [3.8, 4) is 0 Å². The summed E-state index contributed by atoms with van der Waals surface area (Å²) in [6.45, 7) is 1.23. The van der Waals surface area contributed by atoms with Crippen LogP contribution in [0.2, 0.25) is 5.02 Å². The minimum Gasteiger partial charge on any atom is -0.376 e. The Kier molecular flexibility index (Phi) is 5.22. The van der Waals surface area contributed by atoms with Crippen LogP contribution in [0.25, 0.3) is 0 Å². The Labute approximate surface area is 143 Å². The molecule has 0 aliphatic carbocycles. The zero-order valence-electron chi connectivity index (χ0n) is 12.8. The topological polar surface area (TPSA) is 76.1 Å². The molecule has 0 spiro atoms. The lowest BCUT2D eigenvalue weighted by molar-refractivity contribution is 0.0857. The number of hydrogen-bond acceptors (Lipinski definition) is 5. The van der Waals surface area contributed by atoms with E-state index in [2.05, 4.69) is 20.6 Å². The summed E-state index contributed by atoms with van der Waals surface area (Å²) in [5.74, 6) is -0.461. The molecule has 6 nitrogen and oxygen atoms in total. The minimum atomic E-state index is -0.499. The van der Waals surface area contributed by atoms with E-state index in [0.717, 1.165) is 19.4 Å². The molecule has 0 radical (unpaired) electrons. The number of halogens is 2. The van der Waals surface area contributed by atoms with E-state index in [9.17, 15) is 9.18 Å². The molecule has 1 aliphatic rings. The van der Waals surface area contributed by atoms with E-state index in [4.69, 9.17) is 16.3 Å². The van der Waals surface area contributed by atoms with Gasteiger partial charge < -0.3 is 15.4 Å². The van der Waals surface area contributed by atoms with Crippen molar-refractivity contribution >= 4 is 29.1 Å². The van der Waals surface area contributed by atoms with Crippen LogP contribution in [0.3, 0.4) is 0 Å². The maximum absolute atomic E-state index is 13.1. The molecule has 2 N–H and O–H groups in total. The molecular weight excluding hydrogens is 335 g/mol. The summed E-state index contributed by atoms with van der Waals surface area (Å²) in [4.78, 5) is 20.2. The molecule has 1 unspecified atom stereocenters. The van der Waals surface area contributed by atoms with Crippen molar-refractivity contribution in [3.63, 3.8) is 0 Å². The van der Waals surface area contributed by atoms with Crippen molar-refractivity contribution < 1.29 is 13.9 Å². The molecule has 8 heteroatoms. The average molecular weight is 351 g/mol. The third-order valence-corrected chi connectivity index (χ3v) is 3.89. The lowest BCUT2D eigenvalue weighted by Crippen LogP contribution is -2.31. The molecule has 0 saturated carbocycles. The van der Waals surface area contributed by atoms with Gasteiger partial charge in [0.2, 0.25) is 5.95 Å². The van der Waals surface area contributed by atoms with E-state index >= 15 is 0 Å². The normalized spacial score (nSPS) is 16.8. The molecule has 1 atom stereocenters. The lowest BCUT2D eigenvalue weighted by Gasteiger charge is -2.10. The van der Waals surface area contributed by atoms with Gasteiger partial charge in [0.05, 0.1) is 16.7 Å². The van der Waals surface area contributed by atoms with Crippen molar-refractivity contribution in [1.29, 1.82) is 0 Å². The van der Waals surface area contributed by atoms with Crippen LogP contribution < -0.4 is 10.6 Å². The van der Waals surface area contributed by atoms with Gasteiger partial charge in [-0.05, 0) is 31.0 Å². The molecule has 0 bridgehead atoms. The number of anilines is 2. The third kappa shape index (κ3) is 4.18. The molecular formula is C16H16ClFN4O2. The van der Waals surface area contributed by atoms with Crippen LogP contribution in [-0.4, -0.2) is 35.1 Å². The first-order chi connectivity index (χ1) is 11.6. The highest BCUT2D eigenvalue weighted by Gasteiger charge is 2.17. The molecule has 24 heavy (non-hydrogen) atoms. The van der Waals surface area contributed by atoms with Crippen LogP contribution in [-0.2, 0) is 4.74 Å². The number of benzene rings is 1. The quantitative estimate of drug-likeness (QED) is 0.867. The van der Waals surface area contributed by atoms with E-state index in [1.54, 1.807) is 0 Å². The first-order valence-corrected chi connectivity index (χ1v) is 7.93. The molecule has 1 amide bonds. The lowest BCUT2D eigenvalue weighted by atomic mass is 10.2. The van der Waals surface area contributed by atoms with Gasteiger partial charge in [0.15, 0.2) is 0 Å². The van der Waals surface area contributed by atoms with Gasteiger partial charge in [-0.3, -0.25) is 4.79 Å². The van der Waals surface area contributed by atoms with Crippen LogP contribution in [0.15, 0.2) is 30.6 Å². The molecule has 1 aromatic carbocycles. The van der Waals surface area contributed by atoms with E-state index in [-0.39, 0.29) is 23.0 Å². The summed E-state index contributed by atoms with van der Waals surface area (Å²) in [6.07, 6.45) is 4.91. The number of nitrogens with zero attached hydrogens (tertiary/aromatic N) is 2. The van der Waals surface area contributed by atoms with E-state index in [1.165, 1.54) is 30.6 Å². The molecule has 2 heterocycles. The number of ether oxygens (including phenoxy) is 1. The Morgan fingerprint density at radius 1 is 1.38 bits per heavy atom. The standard InChI is InChI=1S/C16H16ClFN4O2/c17-13-6-11(3-4-14(13)18)22-16-20-7-10(8-21-16)15(23)19-9-12-2-1-5-24-12/h3-4,6-8,12H,1-2,5,9H2,(H,19,23)(H,20,21,22). The summed E-state index contributed by atoms with van der Waals surface area (Å²) in [5, 5.41) is 5.69. The Hall–Kier alpha value is -2.25. The van der Waals surface area contributed by atoms with Crippen molar-refractivity contribution in [3.05, 3.63) is 47.0 Å². The van der Waals surface area contributed by atoms with E-state index < -0.39 is 5.82 Å². The second kappa shape index (κ2) is 7.55. The number of amides is 1. The van der Waals surface area contributed by atoms with Crippen LogP contribution in [0, 0.1) is 5.82 Å². The highest BCUT2D eigenvalue weighted by molar-refractivity contribution is 6.31. The van der Waals surface area contributed by atoms with Crippen molar-refractivity contribution in [2.75, 3.05) is 18.5 Å². The largest absolute Gasteiger partial charge is 0.376 e. The van der Waals surface area contributed by atoms with Gasteiger partial charge in [-0.25, -0.2) is 14.4 Å². The molecule has 126 valence electrons. The summed E-state index contributed by atoms with van der Waals surface area (Å²) >= 11 is 5.72. The first-order valence-electron chi connectivity index (χ1n) is 7.56. The fourth-order valence-corrected chi connectivity index (χ4v) is 2.51. The van der Waals surface area contributed by atoms with Gasteiger partial charge in [0.1, 0.15) is 5.82 Å². The second-order valence-electron chi connectivity index (χ2n) is 5.39. The maximum Gasteiger partial charge on any atom is 0.254 e. The summed E-state index contributed by atoms with van der Waals surface area (Å²) < 4.78 is 18.6. The first kappa shape index (κ1) is 16.6. The maximum atomic E-state index is 13.1.